The number of para-hydroxylation sites is 1. The standard InChI is InChI=1S/C62H80N9O7P/c1-7-67-43-68(40-47(2)3)44-69(41-49(5)72)46-71(45-67)59(62(74)75)30-29-48(4)64-32-15-8-9-16-34-70(42-54-31-33-65-57-28-14-13-27-56(54)57)61(73)58(63-6)37-52-23-17-22-50(36-52)24-19-35-78-55-26-18-25-53(38-55)60(79(76)77)66-39-51-20-11-10-12-21-51/h10-14,17-18,20-23,25-28,31,33,36,38,42,58-60,63-64,66,76-77H,2,4,7-9,15-16,29-30,32,34-35,37,39-41,43-46H2,1,3,5-6H3/p+1. The average molecular weight is 1100 g/mol. The summed E-state index contributed by atoms with van der Waals surface area (Å²) in [5.41, 5.74) is 7.07. The lowest BCUT2D eigenvalue weighted by molar-refractivity contribution is -0.447. The van der Waals surface area contributed by atoms with Gasteiger partial charge >= 0.3 is 11.9 Å². The van der Waals surface area contributed by atoms with Crippen molar-refractivity contribution in [3.63, 3.8) is 0 Å². The van der Waals surface area contributed by atoms with Gasteiger partial charge < -0.3 is 30.3 Å². The number of nitrogens with one attached hydrogen (secondary N) is 3. The van der Waals surface area contributed by atoms with Gasteiger partial charge in [0.05, 0.1) is 38.7 Å². The number of benzene rings is 4. The molecule has 0 bridgehead atoms. The van der Waals surface area contributed by atoms with Crippen LogP contribution in [0.25, 0.3) is 10.9 Å². The number of carboxylic acid groups (broad SMARTS) is 1. The van der Waals surface area contributed by atoms with Crippen molar-refractivity contribution in [2.75, 3.05) is 73.1 Å². The van der Waals surface area contributed by atoms with Crippen LogP contribution in [0.4, 0.5) is 0 Å². The Labute approximate surface area is 468 Å². The van der Waals surface area contributed by atoms with Crippen LogP contribution in [0.5, 0.6) is 5.75 Å². The topological polar surface area (TPSA) is 186 Å². The molecule has 4 aromatic carbocycles. The summed E-state index contributed by atoms with van der Waals surface area (Å²) in [4.78, 5) is 73.1. The maximum Gasteiger partial charge on any atom is 0.404 e. The van der Waals surface area contributed by atoms with E-state index in [0.29, 0.717) is 83.4 Å². The number of pyridine rings is 1. The highest BCUT2D eigenvalue weighted by molar-refractivity contribution is 7.45. The summed E-state index contributed by atoms with van der Waals surface area (Å²) in [6.45, 7) is 19.5. The van der Waals surface area contributed by atoms with E-state index >= 15 is 0 Å². The zero-order valence-electron chi connectivity index (χ0n) is 46.5. The van der Waals surface area contributed by atoms with Gasteiger partial charge in [-0.2, -0.15) is 4.58 Å². The summed E-state index contributed by atoms with van der Waals surface area (Å²) in [5.74, 6) is 5.32. The summed E-state index contributed by atoms with van der Waals surface area (Å²) >= 11 is 0. The number of likely N-dealkylation sites (N-methyl/N-ethyl adjacent to an activating group) is 1. The first kappa shape index (κ1) is 61.7. The van der Waals surface area contributed by atoms with Crippen molar-refractivity contribution < 1.29 is 38.6 Å². The van der Waals surface area contributed by atoms with Crippen molar-refractivity contribution in [3.05, 3.63) is 168 Å². The zero-order chi connectivity index (χ0) is 56.5. The van der Waals surface area contributed by atoms with Crippen LogP contribution in [-0.4, -0.2) is 153 Å². The van der Waals surface area contributed by atoms with E-state index in [1.807, 2.05) is 138 Å². The van der Waals surface area contributed by atoms with E-state index in [9.17, 15) is 29.3 Å². The lowest BCUT2D eigenvalue weighted by Gasteiger charge is -2.43. The largest absolute Gasteiger partial charge is 0.481 e. The normalized spacial score (nSPS) is 15.1. The average Bonchev–Trinajstić information content (AvgIpc) is 3.42. The van der Waals surface area contributed by atoms with Gasteiger partial charge in [0.25, 0.3) is 0 Å². The third-order valence-corrected chi connectivity index (χ3v) is 14.6. The molecule has 0 aliphatic carbocycles. The van der Waals surface area contributed by atoms with Crippen molar-refractivity contribution in [1.29, 1.82) is 0 Å². The molecule has 3 unspecified atom stereocenters. The molecule has 0 spiro atoms. The number of carbonyl (C=O) groups excluding carboxylic acids is 2. The van der Waals surface area contributed by atoms with Crippen molar-refractivity contribution in [3.8, 4) is 17.6 Å². The predicted molar refractivity (Wildman–Crippen MR) is 315 cm³/mol. The third-order valence-electron chi connectivity index (χ3n) is 13.7. The molecular formula is C62H81N9O7P+. The number of carbonyl (C=O) groups is 3. The summed E-state index contributed by atoms with van der Waals surface area (Å²) in [6, 6.07) is 33.5. The summed E-state index contributed by atoms with van der Waals surface area (Å²) in [6.07, 6.45) is 8.53. The predicted octanol–water partition coefficient (Wildman–Crippen LogP) is 7.67. The highest BCUT2D eigenvalue weighted by atomic mass is 31.2. The second-order valence-corrected chi connectivity index (χ2v) is 21.5. The molecular weight excluding hydrogens is 1010 g/mol. The second kappa shape index (κ2) is 32.6. The molecule has 420 valence electrons. The fourth-order valence-electron chi connectivity index (χ4n) is 9.78. The quantitative estimate of drug-likeness (QED) is 0.00657. The molecule has 1 aliphatic rings. The SMILES string of the molecule is C=C(C)CN1CN(CC)CN(C(CCC(=C)NCCCCCC[N+](=Cc2ccnc3ccccc23)C(=O)C(Cc2cccc(C#CCOc3cccc(C(NCc4ccccc4)P(O)O)c3)c2)NC)C(=O)O)CN(CC(C)=O)C1. The molecule has 1 fully saturated rings. The Bertz CT molecular complexity index is 2890. The number of fused-ring (bicyclic) bond motifs is 1. The first-order chi connectivity index (χ1) is 38.2. The zero-order valence-corrected chi connectivity index (χ0v) is 47.4. The Balaban J connectivity index is 1.01. The summed E-state index contributed by atoms with van der Waals surface area (Å²) in [5, 5.41) is 21.4. The lowest BCUT2D eigenvalue weighted by Crippen LogP contribution is -2.58. The van der Waals surface area contributed by atoms with Crippen molar-refractivity contribution in [1.82, 2.24) is 40.5 Å². The molecule has 1 aromatic heterocycles. The fraction of sp³-hybridized carbons (Fsp3) is 0.403. The molecule has 6 N–H and O–H groups in total. The molecule has 3 atom stereocenters. The number of allylic oxidation sites excluding steroid dienone is 1. The van der Waals surface area contributed by atoms with Gasteiger partial charge in [-0.25, -0.2) is 4.79 Å². The Kier molecular flexibility index (Phi) is 25.4. The molecule has 1 saturated heterocycles. The molecule has 79 heavy (non-hydrogen) atoms. The van der Waals surface area contributed by atoms with Crippen molar-refractivity contribution in [2.45, 2.75) is 90.1 Å². The molecule has 5 aromatic rings. The van der Waals surface area contributed by atoms with Crippen molar-refractivity contribution >= 4 is 43.2 Å². The molecule has 2 heterocycles. The second-order valence-electron chi connectivity index (χ2n) is 20.4. The number of rotatable bonds is 30. The van der Waals surface area contributed by atoms with Crippen LogP contribution in [0.15, 0.2) is 140 Å². The van der Waals surface area contributed by atoms with Gasteiger partial charge in [0.1, 0.15) is 36.0 Å². The number of aromatic nitrogens is 1. The number of Topliss-reactive ketones (excluding diaryl/α,β-unsaturated/α-hetero) is 1. The van der Waals surface area contributed by atoms with E-state index in [2.05, 4.69) is 62.7 Å². The Morgan fingerprint density at radius 2 is 1.57 bits per heavy atom. The van der Waals surface area contributed by atoms with E-state index in [0.717, 1.165) is 76.7 Å². The molecule has 1 amide bonds. The number of ketones is 1. The monoisotopic (exact) mass is 1090 g/mol. The van der Waals surface area contributed by atoms with E-state index in [1.165, 1.54) is 0 Å². The lowest BCUT2D eigenvalue weighted by atomic mass is 10.0. The minimum atomic E-state index is -2.30. The van der Waals surface area contributed by atoms with Gasteiger partial charge in [0, 0.05) is 60.9 Å². The first-order valence-corrected chi connectivity index (χ1v) is 28.6. The van der Waals surface area contributed by atoms with Gasteiger partial charge in [-0.05, 0) is 106 Å². The molecule has 1 aliphatic heterocycles. The molecule has 6 rings (SSSR count). The van der Waals surface area contributed by atoms with Gasteiger partial charge in [-0.1, -0.05) is 117 Å². The number of hydrogen-bond donors (Lipinski definition) is 6. The number of ether oxygens (including phenoxy) is 1. The van der Waals surface area contributed by atoms with Crippen LogP contribution < -0.4 is 20.7 Å². The van der Waals surface area contributed by atoms with Gasteiger partial charge in [-0.3, -0.25) is 39.5 Å². The van der Waals surface area contributed by atoms with E-state index in [-0.39, 0.29) is 24.8 Å². The third kappa shape index (κ3) is 20.6. The smallest absolute Gasteiger partial charge is 0.404 e. The van der Waals surface area contributed by atoms with Gasteiger partial charge in [-0.15, -0.1) is 0 Å². The van der Waals surface area contributed by atoms with Gasteiger partial charge in [0.2, 0.25) is 0 Å². The molecule has 16 nitrogen and oxygen atoms in total. The number of hydrogen-bond acceptors (Lipinski definition) is 14. The van der Waals surface area contributed by atoms with Crippen LogP contribution in [0.3, 0.4) is 0 Å². The number of unbranched alkanes of at least 4 members (excludes halogenated alkanes) is 3. The Morgan fingerprint density at radius 3 is 2.32 bits per heavy atom. The minimum absolute atomic E-state index is 0.0329. The number of aliphatic carboxylic acids is 1. The van der Waals surface area contributed by atoms with Crippen LogP contribution in [0, 0.1) is 11.8 Å². The van der Waals surface area contributed by atoms with Crippen LogP contribution in [0.1, 0.15) is 92.9 Å². The summed E-state index contributed by atoms with van der Waals surface area (Å²) in [7, 11) is -0.494. The highest BCUT2D eigenvalue weighted by Gasteiger charge is 2.32. The Morgan fingerprint density at radius 1 is 0.848 bits per heavy atom. The van der Waals surface area contributed by atoms with Crippen LogP contribution >= 0.6 is 8.38 Å². The molecule has 17 heteroatoms. The number of amides is 1. The maximum absolute atomic E-state index is 14.6. The van der Waals surface area contributed by atoms with Crippen LogP contribution in [-0.2, 0) is 27.3 Å². The summed E-state index contributed by atoms with van der Waals surface area (Å²) < 4.78 is 7.82. The minimum Gasteiger partial charge on any atom is -0.481 e. The van der Waals surface area contributed by atoms with E-state index < -0.39 is 32.2 Å². The van der Waals surface area contributed by atoms with Gasteiger partial charge in [0.15, 0.2) is 21.1 Å². The Hall–Kier alpha value is -6.48. The van der Waals surface area contributed by atoms with E-state index in [4.69, 9.17) is 4.74 Å². The molecule has 0 radical (unpaired) electrons. The maximum atomic E-state index is 14.6. The number of nitrogens with zero attached hydrogens (tertiary/aromatic N) is 6. The number of carboxylic acids is 1. The molecule has 0 saturated carbocycles. The highest BCUT2D eigenvalue weighted by Crippen LogP contribution is 2.42. The fourth-order valence-corrected chi connectivity index (χ4v) is 10.5. The first-order valence-electron chi connectivity index (χ1n) is 27.3. The van der Waals surface area contributed by atoms with E-state index in [1.54, 1.807) is 19.2 Å². The van der Waals surface area contributed by atoms with Crippen molar-refractivity contribution in [2.24, 2.45) is 0 Å². The van der Waals surface area contributed by atoms with Crippen LogP contribution in [0.2, 0.25) is 0 Å².